The summed E-state index contributed by atoms with van der Waals surface area (Å²) in [5, 5.41) is 12.2. The average molecular weight is 385 g/mol. The lowest BCUT2D eigenvalue weighted by molar-refractivity contribution is -0.384. The summed E-state index contributed by atoms with van der Waals surface area (Å²) in [7, 11) is 1.52. The van der Waals surface area contributed by atoms with E-state index in [1.54, 1.807) is 16.7 Å². The lowest BCUT2D eigenvalue weighted by Crippen LogP contribution is -2.23. The van der Waals surface area contributed by atoms with Gasteiger partial charge in [0, 0.05) is 30.0 Å². The van der Waals surface area contributed by atoms with Crippen LogP contribution >= 0.6 is 11.8 Å². The molecule has 0 atom stereocenters. The molecule has 1 aromatic heterocycles. The Morgan fingerprint density at radius 3 is 2.74 bits per heavy atom. The topological polar surface area (TPSA) is 87.3 Å². The number of non-ortho nitro benzene ring substituents is 1. The molecule has 1 heterocycles. The highest BCUT2D eigenvalue weighted by atomic mass is 32.2. The second kappa shape index (κ2) is 8.22. The number of fused-ring (bicyclic) bond motifs is 1. The third-order valence-electron chi connectivity index (χ3n) is 4.11. The largest absolute Gasteiger partial charge is 0.496 e. The number of hydrogen-bond donors (Lipinski definition) is 0. The molecule has 3 rings (SSSR count). The fraction of sp³-hybridized carbons (Fsp3) is 0.263. The zero-order valence-electron chi connectivity index (χ0n) is 15.0. The number of aromatic nitrogens is 2. The Labute approximate surface area is 160 Å². The van der Waals surface area contributed by atoms with Crippen molar-refractivity contribution in [3.63, 3.8) is 0 Å². The predicted octanol–water partition coefficient (Wildman–Crippen LogP) is 4.02. The molecule has 3 aromatic rings. The molecule has 0 aliphatic carbocycles. The Hall–Kier alpha value is -2.87. The van der Waals surface area contributed by atoms with E-state index in [-0.39, 0.29) is 11.2 Å². The van der Waals surface area contributed by atoms with E-state index in [0.717, 1.165) is 6.42 Å². The molecule has 0 aliphatic heterocycles. The van der Waals surface area contributed by atoms with Crippen LogP contribution in [-0.2, 0) is 12.3 Å². The minimum Gasteiger partial charge on any atom is -0.496 e. The van der Waals surface area contributed by atoms with Crippen LogP contribution in [0.5, 0.6) is 5.75 Å². The van der Waals surface area contributed by atoms with Gasteiger partial charge < -0.3 is 4.74 Å². The van der Waals surface area contributed by atoms with Crippen molar-refractivity contribution in [1.82, 2.24) is 9.55 Å². The van der Waals surface area contributed by atoms with Gasteiger partial charge in [-0.25, -0.2) is 4.98 Å². The third-order valence-corrected chi connectivity index (χ3v) is 5.13. The summed E-state index contributed by atoms with van der Waals surface area (Å²) in [6.07, 6.45) is 0.799. The SMILES string of the molecule is CCCn1c(SCc2cc([N+](=O)[O-])ccc2OC)nc2ccccc2c1=O. The summed E-state index contributed by atoms with van der Waals surface area (Å²) in [6, 6.07) is 11.7. The third kappa shape index (κ3) is 3.95. The molecular formula is C19H19N3O4S. The van der Waals surface area contributed by atoms with Crippen molar-refractivity contribution < 1.29 is 9.66 Å². The highest BCUT2D eigenvalue weighted by Gasteiger charge is 2.15. The van der Waals surface area contributed by atoms with Gasteiger partial charge in [0.1, 0.15) is 5.75 Å². The predicted molar refractivity (Wildman–Crippen MR) is 106 cm³/mol. The summed E-state index contributed by atoms with van der Waals surface area (Å²) in [5.41, 5.74) is 1.25. The summed E-state index contributed by atoms with van der Waals surface area (Å²) in [6.45, 7) is 2.56. The number of nitrogens with zero attached hydrogens (tertiary/aromatic N) is 3. The molecule has 0 aliphatic rings. The van der Waals surface area contributed by atoms with Crippen LogP contribution in [0.4, 0.5) is 5.69 Å². The fourth-order valence-electron chi connectivity index (χ4n) is 2.81. The van der Waals surface area contributed by atoms with Gasteiger partial charge in [0.25, 0.3) is 11.2 Å². The molecule has 0 saturated heterocycles. The summed E-state index contributed by atoms with van der Waals surface area (Å²) >= 11 is 1.37. The second-order valence-electron chi connectivity index (χ2n) is 5.91. The molecule has 0 bridgehead atoms. The molecule has 0 unspecified atom stereocenters. The molecular weight excluding hydrogens is 366 g/mol. The minimum absolute atomic E-state index is 0.00354. The number of methoxy groups -OCH3 is 1. The first kappa shape index (κ1) is 18.9. The van der Waals surface area contributed by atoms with Crippen LogP contribution in [0.3, 0.4) is 0 Å². The maximum absolute atomic E-state index is 12.8. The zero-order valence-corrected chi connectivity index (χ0v) is 15.9. The van der Waals surface area contributed by atoms with Crippen molar-refractivity contribution >= 4 is 28.4 Å². The van der Waals surface area contributed by atoms with Gasteiger partial charge in [-0.2, -0.15) is 0 Å². The van der Waals surface area contributed by atoms with E-state index in [1.807, 2.05) is 25.1 Å². The van der Waals surface area contributed by atoms with Crippen LogP contribution in [-0.4, -0.2) is 21.6 Å². The van der Waals surface area contributed by atoms with Crippen molar-refractivity contribution in [2.45, 2.75) is 30.8 Å². The van der Waals surface area contributed by atoms with Crippen LogP contribution < -0.4 is 10.3 Å². The minimum atomic E-state index is -0.436. The number of para-hydroxylation sites is 1. The number of nitro benzene ring substituents is 1. The van der Waals surface area contributed by atoms with E-state index in [9.17, 15) is 14.9 Å². The quantitative estimate of drug-likeness (QED) is 0.264. The Bertz CT molecular complexity index is 1050. The number of nitro groups is 1. The van der Waals surface area contributed by atoms with Gasteiger partial charge in [-0.15, -0.1) is 0 Å². The van der Waals surface area contributed by atoms with Gasteiger partial charge in [0.05, 0.1) is 22.9 Å². The van der Waals surface area contributed by atoms with Crippen molar-refractivity contribution in [3.8, 4) is 5.75 Å². The van der Waals surface area contributed by atoms with Crippen LogP contribution in [0.2, 0.25) is 0 Å². The Morgan fingerprint density at radius 2 is 2.04 bits per heavy atom. The smallest absolute Gasteiger partial charge is 0.270 e. The normalized spacial score (nSPS) is 10.9. The monoisotopic (exact) mass is 385 g/mol. The van der Waals surface area contributed by atoms with E-state index in [4.69, 9.17) is 4.74 Å². The van der Waals surface area contributed by atoms with E-state index in [1.165, 1.54) is 31.0 Å². The Morgan fingerprint density at radius 1 is 1.26 bits per heavy atom. The molecule has 2 aromatic carbocycles. The summed E-state index contributed by atoms with van der Waals surface area (Å²) in [4.78, 5) is 28.1. The Kier molecular flexibility index (Phi) is 5.75. The van der Waals surface area contributed by atoms with Gasteiger partial charge in [-0.05, 0) is 24.6 Å². The number of thioether (sulfide) groups is 1. The van der Waals surface area contributed by atoms with E-state index in [2.05, 4.69) is 4.98 Å². The Balaban J connectivity index is 2.00. The summed E-state index contributed by atoms with van der Waals surface area (Å²) in [5.74, 6) is 0.970. The molecule has 0 amide bonds. The average Bonchev–Trinajstić information content (AvgIpc) is 2.68. The lowest BCUT2D eigenvalue weighted by atomic mass is 10.2. The van der Waals surface area contributed by atoms with E-state index >= 15 is 0 Å². The maximum atomic E-state index is 12.8. The zero-order chi connectivity index (χ0) is 19.4. The van der Waals surface area contributed by atoms with Crippen molar-refractivity contribution in [1.29, 1.82) is 0 Å². The fourth-order valence-corrected chi connectivity index (χ4v) is 3.82. The molecule has 27 heavy (non-hydrogen) atoms. The van der Waals surface area contributed by atoms with Gasteiger partial charge >= 0.3 is 0 Å². The van der Waals surface area contributed by atoms with Gasteiger partial charge in [-0.1, -0.05) is 30.8 Å². The van der Waals surface area contributed by atoms with Crippen LogP contribution in [0.15, 0.2) is 52.4 Å². The molecule has 0 radical (unpaired) electrons. The molecule has 7 nitrogen and oxygen atoms in total. The van der Waals surface area contributed by atoms with Gasteiger partial charge in [0.15, 0.2) is 5.16 Å². The number of benzene rings is 2. The maximum Gasteiger partial charge on any atom is 0.270 e. The van der Waals surface area contributed by atoms with E-state index in [0.29, 0.717) is 39.7 Å². The first-order valence-electron chi connectivity index (χ1n) is 8.48. The highest BCUT2D eigenvalue weighted by molar-refractivity contribution is 7.98. The van der Waals surface area contributed by atoms with Gasteiger partial charge in [0.2, 0.25) is 0 Å². The lowest BCUT2D eigenvalue weighted by Gasteiger charge is -2.13. The molecule has 8 heteroatoms. The number of hydrogen-bond acceptors (Lipinski definition) is 6. The van der Waals surface area contributed by atoms with Crippen LogP contribution in [0.1, 0.15) is 18.9 Å². The van der Waals surface area contributed by atoms with Crippen LogP contribution in [0, 0.1) is 10.1 Å². The van der Waals surface area contributed by atoms with Crippen molar-refractivity contribution in [3.05, 3.63) is 68.5 Å². The molecule has 140 valence electrons. The molecule has 0 spiro atoms. The second-order valence-corrected chi connectivity index (χ2v) is 6.85. The summed E-state index contributed by atoms with van der Waals surface area (Å²) < 4.78 is 6.98. The number of rotatable bonds is 7. The molecule has 0 fully saturated rings. The first-order valence-corrected chi connectivity index (χ1v) is 9.47. The van der Waals surface area contributed by atoms with Gasteiger partial charge in [-0.3, -0.25) is 19.5 Å². The van der Waals surface area contributed by atoms with Crippen LogP contribution in [0.25, 0.3) is 10.9 Å². The molecule has 0 N–H and O–H groups in total. The number of ether oxygens (including phenoxy) is 1. The first-order chi connectivity index (χ1) is 13.0. The standard InChI is InChI=1S/C19H19N3O4S/c1-3-10-21-18(23)15-6-4-5-7-16(15)20-19(21)27-12-13-11-14(22(24)25)8-9-17(13)26-2/h4-9,11H,3,10,12H2,1-2H3. The molecule has 0 saturated carbocycles. The van der Waals surface area contributed by atoms with Crippen molar-refractivity contribution in [2.75, 3.05) is 7.11 Å². The van der Waals surface area contributed by atoms with E-state index < -0.39 is 4.92 Å². The highest BCUT2D eigenvalue weighted by Crippen LogP contribution is 2.30. The van der Waals surface area contributed by atoms with Crippen molar-refractivity contribution in [2.24, 2.45) is 0 Å².